The van der Waals surface area contributed by atoms with Crippen molar-refractivity contribution in [2.45, 2.75) is 19.8 Å². The molecular formula is C20H17NO. The van der Waals surface area contributed by atoms with Crippen molar-refractivity contribution in [2.75, 3.05) is 5.73 Å². The van der Waals surface area contributed by atoms with Crippen LogP contribution in [-0.2, 0) is 12.8 Å². The van der Waals surface area contributed by atoms with Gasteiger partial charge in [-0.25, -0.2) is 0 Å². The molecule has 1 aliphatic carbocycles. The second-order valence-electron chi connectivity index (χ2n) is 5.96. The van der Waals surface area contributed by atoms with Gasteiger partial charge in [-0.1, -0.05) is 42.5 Å². The zero-order valence-electron chi connectivity index (χ0n) is 12.5. The maximum atomic E-state index is 13.0. The Hall–Kier alpha value is -2.61. The van der Waals surface area contributed by atoms with E-state index in [1.54, 1.807) is 0 Å². The van der Waals surface area contributed by atoms with E-state index in [9.17, 15) is 4.79 Å². The molecular weight excluding hydrogens is 270 g/mol. The Morgan fingerprint density at radius 2 is 1.64 bits per heavy atom. The van der Waals surface area contributed by atoms with Crippen LogP contribution in [0, 0.1) is 6.92 Å². The maximum Gasteiger partial charge on any atom is 0.193 e. The molecule has 0 unspecified atom stereocenters. The fourth-order valence-electron chi connectivity index (χ4n) is 3.49. The summed E-state index contributed by atoms with van der Waals surface area (Å²) in [5.74, 6) is 0.0559. The molecule has 0 radical (unpaired) electrons. The number of rotatable bonds is 2. The molecule has 108 valence electrons. The van der Waals surface area contributed by atoms with E-state index >= 15 is 0 Å². The number of hydrogen-bond donors (Lipinski definition) is 1. The zero-order valence-corrected chi connectivity index (χ0v) is 12.5. The predicted molar refractivity (Wildman–Crippen MR) is 90.4 cm³/mol. The van der Waals surface area contributed by atoms with Gasteiger partial charge in [0.15, 0.2) is 5.78 Å². The lowest BCUT2D eigenvalue weighted by atomic mass is 9.92. The van der Waals surface area contributed by atoms with Crippen molar-refractivity contribution >= 4 is 22.2 Å². The van der Waals surface area contributed by atoms with Gasteiger partial charge in [-0.05, 0) is 53.3 Å². The Bertz CT molecular complexity index is 914. The van der Waals surface area contributed by atoms with Crippen molar-refractivity contribution < 1.29 is 4.79 Å². The smallest absolute Gasteiger partial charge is 0.193 e. The molecule has 0 bridgehead atoms. The number of ketones is 1. The highest BCUT2D eigenvalue weighted by molar-refractivity contribution is 6.18. The van der Waals surface area contributed by atoms with Crippen LogP contribution in [0.1, 0.15) is 32.6 Å². The molecule has 2 heteroatoms. The van der Waals surface area contributed by atoms with Crippen molar-refractivity contribution in [2.24, 2.45) is 0 Å². The van der Waals surface area contributed by atoms with E-state index in [1.807, 2.05) is 31.2 Å². The highest BCUT2D eigenvalue weighted by Crippen LogP contribution is 2.34. The first kappa shape index (κ1) is 13.1. The van der Waals surface area contributed by atoms with E-state index in [1.165, 1.54) is 16.5 Å². The van der Waals surface area contributed by atoms with Gasteiger partial charge in [-0.15, -0.1) is 0 Å². The van der Waals surface area contributed by atoms with Crippen LogP contribution in [0.2, 0.25) is 0 Å². The molecule has 0 saturated carbocycles. The topological polar surface area (TPSA) is 43.1 Å². The van der Waals surface area contributed by atoms with Gasteiger partial charge in [0, 0.05) is 16.8 Å². The average molecular weight is 287 g/mol. The fraction of sp³-hybridized carbons (Fsp3) is 0.150. The number of benzene rings is 3. The minimum atomic E-state index is 0.0559. The molecule has 0 aliphatic heterocycles. The summed E-state index contributed by atoms with van der Waals surface area (Å²) in [7, 11) is 0. The Balaban J connectivity index is 1.96. The molecule has 2 N–H and O–H groups in total. The number of nitrogen functional groups attached to an aromatic ring is 1. The first-order valence-corrected chi connectivity index (χ1v) is 7.60. The number of nitrogens with two attached hydrogens (primary N) is 1. The van der Waals surface area contributed by atoms with Gasteiger partial charge in [0.05, 0.1) is 0 Å². The van der Waals surface area contributed by atoms with Gasteiger partial charge in [0.1, 0.15) is 0 Å². The van der Waals surface area contributed by atoms with E-state index in [4.69, 9.17) is 5.73 Å². The number of hydrogen-bond acceptors (Lipinski definition) is 2. The Kier molecular flexibility index (Phi) is 2.80. The summed E-state index contributed by atoms with van der Waals surface area (Å²) in [6, 6.07) is 15.9. The number of anilines is 1. The van der Waals surface area contributed by atoms with E-state index in [-0.39, 0.29) is 5.78 Å². The third-order valence-electron chi connectivity index (χ3n) is 4.74. The molecule has 4 rings (SSSR count). The van der Waals surface area contributed by atoms with Crippen molar-refractivity contribution in [1.29, 1.82) is 0 Å². The summed E-state index contributed by atoms with van der Waals surface area (Å²) in [6.45, 7) is 1.91. The molecule has 3 aromatic rings. The summed E-state index contributed by atoms with van der Waals surface area (Å²) in [4.78, 5) is 13.0. The molecule has 22 heavy (non-hydrogen) atoms. The van der Waals surface area contributed by atoms with Crippen LogP contribution in [0.5, 0.6) is 0 Å². The Morgan fingerprint density at radius 1 is 0.909 bits per heavy atom. The number of carbonyl (C=O) groups excluding carboxylic acids is 1. The number of carbonyl (C=O) groups is 1. The third-order valence-corrected chi connectivity index (χ3v) is 4.74. The third kappa shape index (κ3) is 1.77. The van der Waals surface area contributed by atoms with Crippen LogP contribution in [0.25, 0.3) is 10.8 Å². The van der Waals surface area contributed by atoms with Crippen molar-refractivity contribution in [3.05, 3.63) is 76.3 Å². The van der Waals surface area contributed by atoms with E-state index in [2.05, 4.69) is 24.3 Å². The SMILES string of the molecule is Cc1c(N)cccc1C(=O)c1ccc2c3c(cccc13)CC2. The van der Waals surface area contributed by atoms with Crippen molar-refractivity contribution in [3.8, 4) is 0 Å². The lowest BCUT2D eigenvalue weighted by Crippen LogP contribution is -2.06. The molecule has 2 nitrogen and oxygen atoms in total. The van der Waals surface area contributed by atoms with Gasteiger partial charge in [-0.3, -0.25) is 4.79 Å². The van der Waals surface area contributed by atoms with Gasteiger partial charge in [-0.2, -0.15) is 0 Å². The van der Waals surface area contributed by atoms with Gasteiger partial charge < -0.3 is 5.73 Å². The lowest BCUT2D eigenvalue weighted by Gasteiger charge is -2.11. The zero-order chi connectivity index (χ0) is 15.3. The van der Waals surface area contributed by atoms with E-state index in [0.29, 0.717) is 11.3 Å². The summed E-state index contributed by atoms with van der Waals surface area (Å²) >= 11 is 0. The molecule has 1 aliphatic rings. The second-order valence-corrected chi connectivity index (χ2v) is 5.96. The fourth-order valence-corrected chi connectivity index (χ4v) is 3.49. The van der Waals surface area contributed by atoms with Crippen LogP contribution >= 0.6 is 0 Å². The monoisotopic (exact) mass is 287 g/mol. The standard InChI is InChI=1S/C20H17NO/c1-12-15(5-3-7-18(12)21)20(22)17-11-10-14-9-8-13-4-2-6-16(17)19(13)14/h2-7,10-11H,8-9,21H2,1H3. The Labute approximate surface area is 129 Å². The molecule has 3 aromatic carbocycles. The van der Waals surface area contributed by atoms with Crippen molar-refractivity contribution in [1.82, 2.24) is 0 Å². The van der Waals surface area contributed by atoms with E-state index in [0.717, 1.165) is 29.4 Å². The second kappa shape index (κ2) is 4.70. The summed E-state index contributed by atoms with van der Waals surface area (Å²) < 4.78 is 0. The predicted octanol–water partition coefficient (Wildman–Crippen LogP) is 4.06. The first-order valence-electron chi connectivity index (χ1n) is 7.60. The van der Waals surface area contributed by atoms with Crippen LogP contribution in [0.4, 0.5) is 5.69 Å². The molecule has 0 spiro atoms. The first-order chi connectivity index (χ1) is 10.7. The minimum Gasteiger partial charge on any atom is -0.398 e. The maximum absolute atomic E-state index is 13.0. The molecule has 0 saturated heterocycles. The largest absolute Gasteiger partial charge is 0.398 e. The molecule has 0 aromatic heterocycles. The quantitative estimate of drug-likeness (QED) is 0.570. The lowest BCUT2D eigenvalue weighted by molar-refractivity contribution is 0.104. The molecule has 0 amide bonds. The average Bonchev–Trinajstić information content (AvgIpc) is 2.95. The van der Waals surface area contributed by atoms with Gasteiger partial charge in [0.25, 0.3) is 0 Å². The highest BCUT2D eigenvalue weighted by Gasteiger charge is 2.20. The minimum absolute atomic E-state index is 0.0559. The Morgan fingerprint density at radius 3 is 2.45 bits per heavy atom. The van der Waals surface area contributed by atoms with Crippen molar-refractivity contribution in [3.63, 3.8) is 0 Å². The summed E-state index contributed by atoms with van der Waals surface area (Å²) in [5.41, 5.74) is 11.6. The van der Waals surface area contributed by atoms with Gasteiger partial charge >= 0.3 is 0 Å². The van der Waals surface area contributed by atoms with Crippen LogP contribution in [0.3, 0.4) is 0 Å². The highest BCUT2D eigenvalue weighted by atomic mass is 16.1. The summed E-state index contributed by atoms with van der Waals surface area (Å²) in [5, 5.41) is 2.34. The van der Waals surface area contributed by atoms with E-state index < -0.39 is 0 Å². The van der Waals surface area contributed by atoms with Gasteiger partial charge in [0.2, 0.25) is 0 Å². The molecule has 0 heterocycles. The van der Waals surface area contributed by atoms with Crippen LogP contribution in [0.15, 0.2) is 48.5 Å². The van der Waals surface area contributed by atoms with Crippen LogP contribution in [-0.4, -0.2) is 5.78 Å². The molecule has 0 atom stereocenters. The van der Waals surface area contributed by atoms with Crippen LogP contribution < -0.4 is 5.73 Å². The number of aryl methyl sites for hydroxylation is 2. The normalized spacial score (nSPS) is 12.8. The molecule has 0 fully saturated rings. The summed E-state index contributed by atoms with van der Waals surface area (Å²) in [6.07, 6.45) is 2.14.